The standard InChI is InChI=1S/C24H20N4O5S/c1-15-9-16(2)11-17(10-15)25-22(29)14-27-23(30)21(34-24(27)31)13-19-7-4-8-26(19)18-5-3-6-20(12-18)28(32)33/h3-13H,14H2,1-2H3,(H,25,29)/b21-13-. The lowest BCUT2D eigenvalue weighted by Crippen LogP contribution is -2.36. The number of nitro benzene ring substituents is 1. The minimum Gasteiger partial charge on any atom is -0.325 e. The summed E-state index contributed by atoms with van der Waals surface area (Å²) >= 11 is 0.742. The number of non-ortho nitro benzene ring substituents is 1. The summed E-state index contributed by atoms with van der Waals surface area (Å²) in [5, 5.41) is 13.3. The van der Waals surface area contributed by atoms with Gasteiger partial charge in [-0.15, -0.1) is 0 Å². The molecule has 10 heteroatoms. The Hall–Kier alpha value is -4.18. The molecule has 0 unspecified atom stereocenters. The Morgan fingerprint density at radius 2 is 1.82 bits per heavy atom. The van der Waals surface area contributed by atoms with Gasteiger partial charge in [-0.3, -0.25) is 29.4 Å². The highest BCUT2D eigenvalue weighted by atomic mass is 32.2. The molecule has 1 aromatic heterocycles. The van der Waals surface area contributed by atoms with Crippen molar-refractivity contribution in [1.82, 2.24) is 9.47 Å². The quantitative estimate of drug-likeness (QED) is 0.314. The third-order valence-electron chi connectivity index (χ3n) is 5.06. The molecular weight excluding hydrogens is 456 g/mol. The SMILES string of the molecule is Cc1cc(C)cc(NC(=O)CN2C(=O)S/C(=C\c3cccn3-c3cccc([N+](=O)[O-])c3)C2=O)c1. The van der Waals surface area contributed by atoms with Crippen molar-refractivity contribution in [3.05, 3.63) is 92.6 Å². The second-order valence-corrected chi connectivity index (χ2v) is 8.77. The molecule has 1 aliphatic rings. The Labute approximate surface area is 199 Å². The van der Waals surface area contributed by atoms with E-state index in [-0.39, 0.29) is 10.6 Å². The van der Waals surface area contributed by atoms with E-state index in [0.29, 0.717) is 17.1 Å². The molecular formula is C24H20N4O5S. The van der Waals surface area contributed by atoms with Crippen molar-refractivity contribution in [2.45, 2.75) is 13.8 Å². The van der Waals surface area contributed by atoms with E-state index in [1.807, 2.05) is 19.9 Å². The van der Waals surface area contributed by atoms with Crippen LogP contribution in [0.4, 0.5) is 16.2 Å². The second-order valence-electron chi connectivity index (χ2n) is 7.77. The first kappa shape index (κ1) is 23.0. The molecule has 172 valence electrons. The minimum absolute atomic E-state index is 0.0627. The van der Waals surface area contributed by atoms with Crippen molar-refractivity contribution in [2.24, 2.45) is 0 Å². The fourth-order valence-electron chi connectivity index (χ4n) is 3.66. The zero-order chi connectivity index (χ0) is 24.4. The summed E-state index contributed by atoms with van der Waals surface area (Å²) in [5.74, 6) is -1.05. The second kappa shape index (κ2) is 9.36. The number of nitro groups is 1. The van der Waals surface area contributed by atoms with Gasteiger partial charge < -0.3 is 9.88 Å². The zero-order valence-electron chi connectivity index (χ0n) is 18.3. The van der Waals surface area contributed by atoms with Gasteiger partial charge in [0, 0.05) is 29.7 Å². The molecule has 0 aliphatic carbocycles. The largest absolute Gasteiger partial charge is 0.325 e. The van der Waals surface area contributed by atoms with E-state index < -0.39 is 28.5 Å². The van der Waals surface area contributed by atoms with Crippen LogP contribution in [0.2, 0.25) is 0 Å². The van der Waals surface area contributed by atoms with E-state index in [1.54, 1.807) is 47.2 Å². The number of rotatable bonds is 6. The highest BCUT2D eigenvalue weighted by Gasteiger charge is 2.36. The molecule has 3 aromatic rings. The number of amides is 3. The molecule has 1 saturated heterocycles. The van der Waals surface area contributed by atoms with Crippen LogP contribution in [-0.4, -0.2) is 38.0 Å². The Kier molecular flexibility index (Phi) is 6.33. The van der Waals surface area contributed by atoms with Gasteiger partial charge in [-0.2, -0.15) is 0 Å². The Morgan fingerprint density at radius 3 is 2.53 bits per heavy atom. The van der Waals surface area contributed by atoms with Crippen LogP contribution in [0.15, 0.2) is 65.7 Å². The molecule has 9 nitrogen and oxygen atoms in total. The molecule has 0 bridgehead atoms. The lowest BCUT2D eigenvalue weighted by molar-refractivity contribution is -0.384. The first-order valence-electron chi connectivity index (χ1n) is 10.3. The number of benzene rings is 2. The van der Waals surface area contributed by atoms with Gasteiger partial charge in [-0.25, -0.2) is 0 Å². The van der Waals surface area contributed by atoms with Crippen LogP contribution >= 0.6 is 11.8 Å². The smallest absolute Gasteiger partial charge is 0.294 e. The van der Waals surface area contributed by atoms with Gasteiger partial charge in [-0.1, -0.05) is 12.1 Å². The summed E-state index contributed by atoms with van der Waals surface area (Å²) in [4.78, 5) is 49.5. The molecule has 0 atom stereocenters. The number of hydrogen-bond acceptors (Lipinski definition) is 6. The van der Waals surface area contributed by atoms with Crippen LogP contribution in [0, 0.1) is 24.0 Å². The summed E-state index contributed by atoms with van der Waals surface area (Å²) < 4.78 is 1.67. The van der Waals surface area contributed by atoms with Gasteiger partial charge in [0.2, 0.25) is 5.91 Å². The van der Waals surface area contributed by atoms with Crippen molar-refractivity contribution < 1.29 is 19.3 Å². The van der Waals surface area contributed by atoms with E-state index in [2.05, 4.69) is 5.32 Å². The summed E-state index contributed by atoms with van der Waals surface area (Å²) in [7, 11) is 0. The fourth-order valence-corrected chi connectivity index (χ4v) is 4.49. The van der Waals surface area contributed by atoms with E-state index in [0.717, 1.165) is 27.8 Å². The summed E-state index contributed by atoms with van der Waals surface area (Å²) in [6.07, 6.45) is 3.23. The summed E-state index contributed by atoms with van der Waals surface area (Å²) in [6, 6.07) is 15.1. The average Bonchev–Trinajstić information content (AvgIpc) is 3.33. The lowest BCUT2D eigenvalue weighted by Gasteiger charge is -2.13. The molecule has 0 radical (unpaired) electrons. The molecule has 2 heterocycles. The predicted octanol–water partition coefficient (Wildman–Crippen LogP) is 4.68. The first-order valence-corrected chi connectivity index (χ1v) is 11.1. The number of hydrogen-bond donors (Lipinski definition) is 1. The van der Waals surface area contributed by atoms with E-state index in [4.69, 9.17) is 0 Å². The Balaban J connectivity index is 1.52. The Morgan fingerprint density at radius 1 is 1.09 bits per heavy atom. The van der Waals surface area contributed by atoms with E-state index in [9.17, 15) is 24.5 Å². The van der Waals surface area contributed by atoms with Gasteiger partial charge >= 0.3 is 0 Å². The fraction of sp³-hybridized carbons (Fsp3) is 0.125. The van der Waals surface area contributed by atoms with Crippen LogP contribution in [0.25, 0.3) is 11.8 Å². The van der Waals surface area contributed by atoms with Crippen LogP contribution in [0.5, 0.6) is 0 Å². The minimum atomic E-state index is -0.572. The molecule has 0 spiro atoms. The maximum absolute atomic E-state index is 12.9. The van der Waals surface area contributed by atoms with Crippen molar-refractivity contribution in [1.29, 1.82) is 0 Å². The van der Waals surface area contributed by atoms with E-state index in [1.165, 1.54) is 18.2 Å². The zero-order valence-corrected chi connectivity index (χ0v) is 19.2. The lowest BCUT2D eigenvalue weighted by atomic mass is 10.1. The maximum Gasteiger partial charge on any atom is 0.294 e. The van der Waals surface area contributed by atoms with Gasteiger partial charge in [-0.05, 0) is 73.1 Å². The summed E-state index contributed by atoms with van der Waals surface area (Å²) in [6.45, 7) is 3.42. The van der Waals surface area contributed by atoms with Crippen molar-refractivity contribution >= 4 is 46.3 Å². The molecule has 2 aromatic carbocycles. The number of carbonyl (C=O) groups excluding carboxylic acids is 3. The number of aromatic nitrogens is 1. The molecule has 1 aliphatic heterocycles. The number of imide groups is 1. The van der Waals surface area contributed by atoms with Crippen LogP contribution < -0.4 is 5.32 Å². The third kappa shape index (κ3) is 4.91. The van der Waals surface area contributed by atoms with Gasteiger partial charge in [0.15, 0.2) is 0 Å². The molecule has 34 heavy (non-hydrogen) atoms. The molecule has 1 N–H and O–H groups in total. The maximum atomic E-state index is 12.9. The normalized spacial score (nSPS) is 14.6. The van der Waals surface area contributed by atoms with Crippen LogP contribution in [-0.2, 0) is 9.59 Å². The number of nitrogens with one attached hydrogen (secondary N) is 1. The summed E-state index contributed by atoms with van der Waals surface area (Å²) in [5.41, 5.74) is 3.60. The highest BCUT2D eigenvalue weighted by Crippen LogP contribution is 2.33. The predicted molar refractivity (Wildman–Crippen MR) is 130 cm³/mol. The van der Waals surface area contributed by atoms with Crippen molar-refractivity contribution in [3.8, 4) is 5.69 Å². The third-order valence-corrected chi connectivity index (χ3v) is 5.97. The van der Waals surface area contributed by atoms with Crippen molar-refractivity contribution in [2.75, 3.05) is 11.9 Å². The molecule has 0 saturated carbocycles. The molecule has 3 amide bonds. The van der Waals surface area contributed by atoms with E-state index >= 15 is 0 Å². The average molecular weight is 477 g/mol. The number of aryl methyl sites for hydroxylation is 2. The van der Waals surface area contributed by atoms with Crippen molar-refractivity contribution in [3.63, 3.8) is 0 Å². The Bertz CT molecular complexity index is 1340. The molecule has 1 fully saturated rings. The van der Waals surface area contributed by atoms with Gasteiger partial charge in [0.25, 0.3) is 16.8 Å². The highest BCUT2D eigenvalue weighted by molar-refractivity contribution is 8.18. The number of thioether (sulfide) groups is 1. The molecule has 4 rings (SSSR count). The number of anilines is 1. The number of carbonyl (C=O) groups is 3. The monoisotopic (exact) mass is 476 g/mol. The topological polar surface area (TPSA) is 115 Å². The van der Waals surface area contributed by atoms with Crippen LogP contribution in [0.1, 0.15) is 16.8 Å². The van der Waals surface area contributed by atoms with Crippen LogP contribution in [0.3, 0.4) is 0 Å². The first-order chi connectivity index (χ1) is 16.2. The number of nitrogens with zero attached hydrogens (tertiary/aromatic N) is 3. The van der Waals surface area contributed by atoms with Gasteiger partial charge in [0.05, 0.1) is 15.5 Å². The van der Waals surface area contributed by atoms with Gasteiger partial charge in [0.1, 0.15) is 6.54 Å².